The normalized spacial score (nSPS) is 15.2. The molecule has 1 N–H and O–H groups in total. The van der Waals surface area contributed by atoms with E-state index in [9.17, 15) is 10.1 Å². The number of hydrogen-bond donors (Lipinski definition) is 1. The number of benzene rings is 2. The molecule has 2 atom stereocenters. The Bertz CT molecular complexity index is 1820. The molecule has 1 saturated carbocycles. The van der Waals surface area contributed by atoms with E-state index in [4.69, 9.17) is 14.5 Å². The van der Waals surface area contributed by atoms with Gasteiger partial charge in [-0.25, -0.2) is 9.97 Å². The number of carbonyl (C=O) groups is 1. The lowest BCUT2D eigenvalue weighted by Crippen LogP contribution is -2.24. The lowest BCUT2D eigenvalue weighted by molar-refractivity contribution is -0.117. The molecule has 1 aliphatic carbocycles. The van der Waals surface area contributed by atoms with Gasteiger partial charge < -0.3 is 19.7 Å². The molecular weight excluding hydrogens is 564 g/mol. The molecule has 0 aliphatic heterocycles. The molecule has 0 bridgehead atoms. The number of amides is 1. The van der Waals surface area contributed by atoms with Crippen molar-refractivity contribution >= 4 is 28.3 Å². The molecule has 226 valence electrons. The Morgan fingerprint density at radius 1 is 0.978 bits per heavy atom. The molecule has 5 aromatic rings. The Kier molecular flexibility index (Phi) is 8.56. The molecule has 9 heteroatoms. The van der Waals surface area contributed by atoms with Gasteiger partial charge in [0.2, 0.25) is 5.91 Å². The van der Waals surface area contributed by atoms with Crippen LogP contribution in [-0.4, -0.2) is 35.1 Å². The fourth-order valence-electron chi connectivity index (χ4n) is 5.50. The maximum absolute atomic E-state index is 12.8. The number of anilines is 2. The molecule has 3 aromatic heterocycles. The van der Waals surface area contributed by atoms with Gasteiger partial charge in [0, 0.05) is 42.6 Å². The van der Waals surface area contributed by atoms with Gasteiger partial charge in [-0.1, -0.05) is 31.2 Å². The van der Waals surface area contributed by atoms with Crippen LogP contribution in [0.15, 0.2) is 85.3 Å². The molecule has 1 aliphatic rings. The minimum absolute atomic E-state index is 0.177. The first-order valence-corrected chi connectivity index (χ1v) is 14.9. The lowest BCUT2D eigenvalue weighted by Gasteiger charge is -2.26. The first-order valence-electron chi connectivity index (χ1n) is 14.9. The van der Waals surface area contributed by atoms with Crippen LogP contribution in [0.4, 0.5) is 11.6 Å². The van der Waals surface area contributed by atoms with Gasteiger partial charge in [-0.3, -0.25) is 9.78 Å². The van der Waals surface area contributed by atoms with Crippen molar-refractivity contribution in [2.24, 2.45) is 11.8 Å². The second-order valence-corrected chi connectivity index (χ2v) is 11.1. The van der Waals surface area contributed by atoms with Crippen LogP contribution >= 0.6 is 0 Å². The summed E-state index contributed by atoms with van der Waals surface area (Å²) in [5.41, 5.74) is 5.06. The molecule has 6 rings (SSSR count). The van der Waals surface area contributed by atoms with E-state index in [1.165, 1.54) is 0 Å². The predicted molar refractivity (Wildman–Crippen MR) is 174 cm³/mol. The van der Waals surface area contributed by atoms with E-state index in [2.05, 4.69) is 57.4 Å². The number of aromatic nitrogens is 3. The number of methoxy groups -OCH3 is 2. The zero-order valence-corrected chi connectivity index (χ0v) is 25.5. The zero-order chi connectivity index (χ0) is 31.3. The topological polar surface area (TPSA) is 113 Å². The fourth-order valence-corrected chi connectivity index (χ4v) is 5.50. The summed E-state index contributed by atoms with van der Waals surface area (Å²) in [6.07, 6.45) is 6.83. The summed E-state index contributed by atoms with van der Waals surface area (Å²) in [6, 6.07) is 24.2. The van der Waals surface area contributed by atoms with Gasteiger partial charge in [0.15, 0.2) is 0 Å². The van der Waals surface area contributed by atoms with E-state index < -0.39 is 0 Å². The summed E-state index contributed by atoms with van der Waals surface area (Å²) in [5, 5.41) is 13.8. The number of nitrogens with zero attached hydrogens (tertiary/aromatic N) is 5. The Hall–Kier alpha value is -5.49. The van der Waals surface area contributed by atoms with Gasteiger partial charge in [-0.15, -0.1) is 0 Å². The van der Waals surface area contributed by atoms with Crippen LogP contribution in [0.5, 0.6) is 11.5 Å². The summed E-state index contributed by atoms with van der Waals surface area (Å²) in [6.45, 7) is 3.26. The van der Waals surface area contributed by atoms with Crippen LogP contribution in [0.25, 0.3) is 22.0 Å². The largest absolute Gasteiger partial charge is 0.497 e. The van der Waals surface area contributed by atoms with Crippen molar-refractivity contribution in [3.63, 3.8) is 0 Å². The van der Waals surface area contributed by atoms with E-state index in [1.54, 1.807) is 26.6 Å². The van der Waals surface area contributed by atoms with E-state index in [-0.39, 0.29) is 17.7 Å². The van der Waals surface area contributed by atoms with Crippen LogP contribution in [0.3, 0.4) is 0 Å². The molecule has 1 fully saturated rings. The van der Waals surface area contributed by atoms with Crippen molar-refractivity contribution in [2.45, 2.75) is 32.9 Å². The summed E-state index contributed by atoms with van der Waals surface area (Å²) < 4.78 is 10.8. The van der Waals surface area contributed by atoms with Crippen molar-refractivity contribution in [1.29, 1.82) is 5.26 Å². The number of aryl methyl sites for hydroxylation is 1. The fraction of sp³-hybridized carbons (Fsp3) is 0.250. The van der Waals surface area contributed by atoms with Crippen LogP contribution in [0, 0.1) is 23.2 Å². The van der Waals surface area contributed by atoms with Gasteiger partial charge in [-0.2, -0.15) is 5.26 Å². The molecule has 0 radical (unpaired) electrons. The SMILES string of the molecule is CCc1ccncc1-c1cc2cc(NC(=O)[C@@H]3C[C@@H]3C#N)ncc2c(N(Cc2ccc(OC)cc2)Cc2ccc(OC)cc2)n1. The quantitative estimate of drug-likeness (QED) is 0.182. The minimum atomic E-state index is -0.289. The molecule has 0 unspecified atom stereocenters. The molecule has 2 aromatic carbocycles. The standard InChI is InChI=1S/C36H34N6O3/c1-4-25-13-14-38-19-31(25)33-16-26-17-34(41-36(43)30-15-27(30)18-37)39-20-32(26)35(40-33)42(21-23-5-9-28(44-2)10-6-23)22-24-7-11-29(45-3)12-8-24/h5-14,16-17,19-20,27,30H,4,15,21-22H2,1-3H3,(H,39,41,43)/t27-,30-/m1/s1. The second-order valence-electron chi connectivity index (χ2n) is 11.1. The molecule has 1 amide bonds. The highest BCUT2D eigenvalue weighted by Gasteiger charge is 2.43. The van der Waals surface area contributed by atoms with Crippen LogP contribution in [0.2, 0.25) is 0 Å². The number of rotatable bonds is 11. The number of carbonyl (C=O) groups excluding carboxylic acids is 1. The first kappa shape index (κ1) is 29.6. The monoisotopic (exact) mass is 598 g/mol. The maximum atomic E-state index is 12.8. The second kappa shape index (κ2) is 13.0. The third kappa shape index (κ3) is 6.55. The summed E-state index contributed by atoms with van der Waals surface area (Å²) in [7, 11) is 3.32. The molecule has 9 nitrogen and oxygen atoms in total. The summed E-state index contributed by atoms with van der Waals surface area (Å²) in [5.74, 6) is 2.10. The Morgan fingerprint density at radius 3 is 2.22 bits per heavy atom. The zero-order valence-electron chi connectivity index (χ0n) is 25.5. The van der Waals surface area contributed by atoms with E-state index >= 15 is 0 Å². The summed E-state index contributed by atoms with van der Waals surface area (Å²) >= 11 is 0. The number of ether oxygens (including phenoxy) is 2. The van der Waals surface area contributed by atoms with Crippen LogP contribution in [-0.2, 0) is 24.3 Å². The molecule has 0 saturated heterocycles. The third-order valence-corrected chi connectivity index (χ3v) is 8.17. The van der Waals surface area contributed by atoms with Gasteiger partial charge in [0.25, 0.3) is 0 Å². The van der Waals surface area contributed by atoms with Crippen LogP contribution < -0.4 is 19.7 Å². The number of nitrogens with one attached hydrogen (secondary N) is 1. The molecular formula is C36H34N6O3. The van der Waals surface area contributed by atoms with Gasteiger partial charge in [0.1, 0.15) is 23.1 Å². The van der Waals surface area contributed by atoms with E-state index in [1.807, 2.05) is 48.7 Å². The predicted octanol–water partition coefficient (Wildman–Crippen LogP) is 6.58. The van der Waals surface area contributed by atoms with Crippen molar-refractivity contribution in [2.75, 3.05) is 24.4 Å². The van der Waals surface area contributed by atoms with Crippen molar-refractivity contribution in [3.05, 3.63) is 102 Å². The minimum Gasteiger partial charge on any atom is -0.497 e. The Labute approximate surface area is 262 Å². The van der Waals surface area contributed by atoms with Crippen molar-refractivity contribution < 1.29 is 14.3 Å². The Morgan fingerprint density at radius 2 is 1.64 bits per heavy atom. The first-order chi connectivity index (χ1) is 22.0. The van der Waals surface area contributed by atoms with E-state index in [0.29, 0.717) is 25.3 Å². The van der Waals surface area contributed by atoms with E-state index in [0.717, 1.165) is 62.5 Å². The van der Waals surface area contributed by atoms with Crippen LogP contribution in [0.1, 0.15) is 30.0 Å². The number of fused-ring (bicyclic) bond motifs is 1. The van der Waals surface area contributed by atoms with Crippen molar-refractivity contribution in [1.82, 2.24) is 15.0 Å². The maximum Gasteiger partial charge on any atom is 0.230 e. The van der Waals surface area contributed by atoms with Gasteiger partial charge >= 0.3 is 0 Å². The number of hydrogen-bond acceptors (Lipinski definition) is 8. The average Bonchev–Trinajstić information content (AvgIpc) is 3.88. The lowest BCUT2D eigenvalue weighted by atomic mass is 10.0. The summed E-state index contributed by atoms with van der Waals surface area (Å²) in [4.78, 5) is 29.3. The highest BCUT2D eigenvalue weighted by atomic mass is 16.5. The molecule has 0 spiro atoms. The highest BCUT2D eigenvalue weighted by Crippen LogP contribution is 2.39. The van der Waals surface area contributed by atoms with Crippen molar-refractivity contribution in [3.8, 4) is 28.8 Å². The van der Waals surface area contributed by atoms with Gasteiger partial charge in [0.05, 0.1) is 37.8 Å². The number of pyridine rings is 3. The molecule has 3 heterocycles. The molecule has 45 heavy (non-hydrogen) atoms. The average molecular weight is 599 g/mol. The smallest absolute Gasteiger partial charge is 0.230 e. The Balaban J connectivity index is 1.47. The van der Waals surface area contributed by atoms with Gasteiger partial charge in [-0.05, 0) is 77.4 Å². The third-order valence-electron chi connectivity index (χ3n) is 8.17. The number of nitriles is 1. The highest BCUT2D eigenvalue weighted by molar-refractivity contribution is 5.99.